The van der Waals surface area contributed by atoms with Crippen molar-refractivity contribution in [3.63, 3.8) is 0 Å². The number of sulfonamides is 1. The van der Waals surface area contributed by atoms with Gasteiger partial charge in [-0.3, -0.25) is 9.69 Å². The highest BCUT2D eigenvalue weighted by Gasteiger charge is 2.31. The van der Waals surface area contributed by atoms with Gasteiger partial charge in [0.15, 0.2) is 0 Å². The van der Waals surface area contributed by atoms with Gasteiger partial charge in [0.05, 0.1) is 6.54 Å². The second-order valence-corrected chi connectivity index (χ2v) is 8.96. The van der Waals surface area contributed by atoms with E-state index in [1.807, 2.05) is 9.80 Å². The number of nitrogens with zero attached hydrogens (tertiary/aromatic N) is 3. The van der Waals surface area contributed by atoms with Gasteiger partial charge in [-0.15, -0.1) is 0 Å². The second kappa shape index (κ2) is 8.02. The lowest BCUT2D eigenvalue weighted by Gasteiger charge is -2.35. The molecule has 2 fully saturated rings. The fourth-order valence-corrected chi connectivity index (χ4v) is 5.08. The highest BCUT2D eigenvalue weighted by Crippen LogP contribution is 2.22. The number of carbonyl (C=O) groups is 1. The molecule has 3 rings (SSSR count). The normalized spacial score (nSPS) is 20.3. The SMILES string of the molecule is Cc1ccc(F)c(S(=O)(=O)N2CCN(CC(=O)N3CCCCC3)CC2)c1. The summed E-state index contributed by atoms with van der Waals surface area (Å²) in [6.07, 6.45) is 3.29. The van der Waals surface area contributed by atoms with E-state index in [2.05, 4.69) is 0 Å². The van der Waals surface area contributed by atoms with Crippen molar-refractivity contribution in [1.82, 2.24) is 14.1 Å². The third-order valence-electron chi connectivity index (χ3n) is 5.10. The van der Waals surface area contributed by atoms with Gasteiger partial charge in [-0.2, -0.15) is 4.31 Å². The molecule has 26 heavy (non-hydrogen) atoms. The van der Waals surface area contributed by atoms with Crippen molar-refractivity contribution in [2.45, 2.75) is 31.1 Å². The molecular weight excluding hydrogens is 357 g/mol. The third-order valence-corrected chi connectivity index (χ3v) is 7.02. The first-order chi connectivity index (χ1) is 12.4. The Kier molecular flexibility index (Phi) is 5.94. The number of carbonyl (C=O) groups excluding carboxylic acids is 1. The number of piperazine rings is 1. The molecule has 0 saturated carbocycles. The van der Waals surface area contributed by atoms with Gasteiger partial charge in [-0.05, 0) is 43.9 Å². The smallest absolute Gasteiger partial charge is 0.246 e. The van der Waals surface area contributed by atoms with Crippen LogP contribution in [0.5, 0.6) is 0 Å². The summed E-state index contributed by atoms with van der Waals surface area (Å²) < 4.78 is 40.8. The zero-order valence-corrected chi connectivity index (χ0v) is 16.0. The molecule has 2 aliphatic rings. The lowest BCUT2D eigenvalue weighted by Crippen LogP contribution is -2.52. The van der Waals surface area contributed by atoms with Crippen LogP contribution in [0.4, 0.5) is 4.39 Å². The number of aryl methyl sites for hydroxylation is 1. The molecule has 0 radical (unpaired) electrons. The Morgan fingerprint density at radius 3 is 2.35 bits per heavy atom. The van der Waals surface area contributed by atoms with Gasteiger partial charge in [0, 0.05) is 39.3 Å². The Labute approximate surface area is 154 Å². The number of benzene rings is 1. The Hall–Kier alpha value is -1.51. The number of hydrogen-bond acceptors (Lipinski definition) is 4. The first-order valence-electron chi connectivity index (χ1n) is 9.14. The molecule has 6 nitrogen and oxygen atoms in total. The summed E-state index contributed by atoms with van der Waals surface area (Å²) in [6, 6.07) is 4.12. The van der Waals surface area contributed by atoms with Crippen LogP contribution in [0.1, 0.15) is 24.8 Å². The van der Waals surface area contributed by atoms with Gasteiger partial charge in [0.25, 0.3) is 0 Å². The van der Waals surface area contributed by atoms with E-state index < -0.39 is 15.8 Å². The highest BCUT2D eigenvalue weighted by molar-refractivity contribution is 7.89. The van der Waals surface area contributed by atoms with Gasteiger partial charge in [-0.1, -0.05) is 6.07 Å². The van der Waals surface area contributed by atoms with E-state index >= 15 is 0 Å². The zero-order chi connectivity index (χ0) is 18.7. The van der Waals surface area contributed by atoms with E-state index in [4.69, 9.17) is 0 Å². The topological polar surface area (TPSA) is 60.9 Å². The standard InChI is InChI=1S/C18H26FN3O3S/c1-15-5-6-16(19)17(13-15)26(24,25)22-11-9-20(10-12-22)14-18(23)21-7-3-2-4-8-21/h5-6,13H,2-4,7-12,14H2,1H3. The molecule has 2 saturated heterocycles. The first-order valence-corrected chi connectivity index (χ1v) is 10.6. The molecule has 0 bridgehead atoms. The minimum atomic E-state index is -3.85. The molecule has 0 unspecified atom stereocenters. The number of likely N-dealkylation sites (tertiary alicyclic amines) is 1. The fourth-order valence-electron chi connectivity index (χ4n) is 3.51. The molecular formula is C18H26FN3O3S. The van der Waals surface area contributed by atoms with Crippen molar-refractivity contribution in [2.75, 3.05) is 45.8 Å². The zero-order valence-electron chi connectivity index (χ0n) is 15.2. The van der Waals surface area contributed by atoms with Crippen LogP contribution in [0.3, 0.4) is 0 Å². The predicted molar refractivity (Wildman–Crippen MR) is 96.8 cm³/mol. The summed E-state index contributed by atoms with van der Waals surface area (Å²) in [5.74, 6) is -0.607. The van der Waals surface area contributed by atoms with E-state index in [0.29, 0.717) is 25.2 Å². The quantitative estimate of drug-likeness (QED) is 0.790. The summed E-state index contributed by atoms with van der Waals surface area (Å²) >= 11 is 0. The van der Waals surface area contributed by atoms with Crippen LogP contribution in [0.25, 0.3) is 0 Å². The van der Waals surface area contributed by atoms with Crippen molar-refractivity contribution >= 4 is 15.9 Å². The van der Waals surface area contributed by atoms with Crippen LogP contribution in [0, 0.1) is 12.7 Å². The van der Waals surface area contributed by atoms with Crippen LogP contribution in [-0.2, 0) is 14.8 Å². The molecule has 0 aromatic heterocycles. The van der Waals surface area contributed by atoms with E-state index in [0.717, 1.165) is 25.9 Å². The van der Waals surface area contributed by atoms with Gasteiger partial charge >= 0.3 is 0 Å². The number of amides is 1. The third kappa shape index (κ3) is 4.24. The van der Waals surface area contributed by atoms with E-state index in [9.17, 15) is 17.6 Å². The van der Waals surface area contributed by atoms with Crippen LogP contribution in [0.15, 0.2) is 23.1 Å². The van der Waals surface area contributed by atoms with Crippen LogP contribution in [-0.4, -0.2) is 74.2 Å². The van der Waals surface area contributed by atoms with Gasteiger partial charge in [0.2, 0.25) is 15.9 Å². The van der Waals surface area contributed by atoms with Gasteiger partial charge in [-0.25, -0.2) is 12.8 Å². The van der Waals surface area contributed by atoms with E-state index in [1.165, 1.54) is 22.9 Å². The van der Waals surface area contributed by atoms with Crippen molar-refractivity contribution in [1.29, 1.82) is 0 Å². The maximum Gasteiger partial charge on any atom is 0.246 e. The Bertz CT molecular complexity index is 755. The van der Waals surface area contributed by atoms with Crippen LogP contribution < -0.4 is 0 Å². The van der Waals surface area contributed by atoms with Crippen LogP contribution >= 0.6 is 0 Å². The number of halogens is 1. The monoisotopic (exact) mass is 383 g/mol. The molecule has 0 atom stereocenters. The fraction of sp³-hybridized carbons (Fsp3) is 0.611. The van der Waals surface area contributed by atoms with Gasteiger partial charge < -0.3 is 4.90 Å². The summed E-state index contributed by atoms with van der Waals surface area (Å²) in [6.45, 7) is 5.19. The number of hydrogen-bond donors (Lipinski definition) is 0. The molecule has 8 heteroatoms. The summed E-state index contributed by atoms with van der Waals surface area (Å²) in [7, 11) is -3.85. The molecule has 0 N–H and O–H groups in total. The van der Waals surface area contributed by atoms with Crippen molar-refractivity contribution < 1.29 is 17.6 Å². The molecule has 1 amide bonds. The second-order valence-electron chi connectivity index (χ2n) is 7.06. The lowest BCUT2D eigenvalue weighted by atomic mass is 10.1. The molecule has 0 spiro atoms. The van der Waals surface area contributed by atoms with E-state index in [-0.39, 0.29) is 23.9 Å². The maximum absolute atomic E-state index is 14.0. The number of rotatable bonds is 4. The summed E-state index contributed by atoms with van der Waals surface area (Å²) in [5, 5.41) is 0. The average molecular weight is 383 g/mol. The molecule has 0 aliphatic carbocycles. The van der Waals surface area contributed by atoms with Crippen molar-refractivity contribution in [2.24, 2.45) is 0 Å². The highest BCUT2D eigenvalue weighted by atomic mass is 32.2. The Morgan fingerprint density at radius 2 is 1.69 bits per heavy atom. The average Bonchev–Trinajstić information content (AvgIpc) is 2.65. The maximum atomic E-state index is 14.0. The minimum Gasteiger partial charge on any atom is -0.342 e. The molecule has 2 aliphatic heterocycles. The predicted octanol–water partition coefficient (Wildman–Crippen LogP) is 1.45. The Balaban J connectivity index is 1.59. The molecule has 2 heterocycles. The molecule has 1 aromatic carbocycles. The summed E-state index contributed by atoms with van der Waals surface area (Å²) in [4.78, 5) is 16.0. The van der Waals surface area contributed by atoms with Gasteiger partial charge in [0.1, 0.15) is 10.7 Å². The minimum absolute atomic E-state index is 0.116. The largest absolute Gasteiger partial charge is 0.342 e. The van der Waals surface area contributed by atoms with Crippen molar-refractivity contribution in [3.05, 3.63) is 29.6 Å². The first kappa shape index (κ1) is 19.3. The number of piperidine rings is 1. The Morgan fingerprint density at radius 1 is 1.04 bits per heavy atom. The summed E-state index contributed by atoms with van der Waals surface area (Å²) in [5.41, 5.74) is 0.704. The van der Waals surface area contributed by atoms with Crippen LogP contribution in [0.2, 0.25) is 0 Å². The van der Waals surface area contributed by atoms with E-state index in [1.54, 1.807) is 13.0 Å². The molecule has 144 valence electrons. The lowest BCUT2D eigenvalue weighted by molar-refractivity contribution is -0.133. The molecule has 1 aromatic rings. The van der Waals surface area contributed by atoms with Crippen molar-refractivity contribution in [3.8, 4) is 0 Å².